The van der Waals surface area contributed by atoms with Crippen LogP contribution in [0.15, 0.2) is 30.3 Å². The largest absolute Gasteiger partial charge is 0.385 e. The van der Waals surface area contributed by atoms with Crippen molar-refractivity contribution in [1.82, 2.24) is 14.7 Å². The molecule has 0 bridgehead atoms. The summed E-state index contributed by atoms with van der Waals surface area (Å²) in [5.74, 6) is 0.412. The Morgan fingerprint density at radius 2 is 1.91 bits per heavy atom. The van der Waals surface area contributed by atoms with Gasteiger partial charge in [0.15, 0.2) is 0 Å². The van der Waals surface area contributed by atoms with Crippen LogP contribution >= 0.6 is 0 Å². The molecule has 0 spiro atoms. The number of amides is 2. The Morgan fingerprint density at radius 1 is 1.12 bits per heavy atom. The molecule has 3 aliphatic heterocycles. The summed E-state index contributed by atoms with van der Waals surface area (Å²) in [6, 6.07) is 10.5. The van der Waals surface area contributed by atoms with Crippen molar-refractivity contribution in [2.24, 2.45) is 11.8 Å². The van der Waals surface area contributed by atoms with E-state index in [-0.39, 0.29) is 23.8 Å². The van der Waals surface area contributed by atoms with Gasteiger partial charge in [-0.25, -0.2) is 0 Å². The van der Waals surface area contributed by atoms with E-state index >= 15 is 0 Å². The zero-order valence-electron chi connectivity index (χ0n) is 19.7. The molecule has 4 atom stereocenters. The molecule has 3 heterocycles. The molecule has 2 amide bonds. The van der Waals surface area contributed by atoms with Gasteiger partial charge in [-0.2, -0.15) is 0 Å². The van der Waals surface area contributed by atoms with E-state index in [2.05, 4.69) is 9.80 Å². The summed E-state index contributed by atoms with van der Waals surface area (Å²) in [6.45, 7) is 4.56. The standard InChI is InChI=1S/C26H39N3O3/c1-27-24(30)18-22(25(27)20-10-4-3-5-11-20)26(31)29(16-9-17-32-2)19-21-12-8-15-28-14-7-6-13-23(21)28/h3-5,10-11,21-23,25H,6-9,12-19H2,1-2H3. The highest BCUT2D eigenvalue weighted by molar-refractivity contribution is 5.90. The van der Waals surface area contributed by atoms with Crippen molar-refractivity contribution in [2.45, 2.75) is 57.0 Å². The molecular weight excluding hydrogens is 402 g/mol. The number of likely N-dealkylation sites (tertiary alicyclic amines) is 1. The third-order valence-corrected chi connectivity index (χ3v) is 7.82. The third-order valence-electron chi connectivity index (χ3n) is 7.82. The van der Waals surface area contributed by atoms with Crippen LogP contribution < -0.4 is 0 Å². The molecular formula is C26H39N3O3. The van der Waals surface area contributed by atoms with Crippen molar-refractivity contribution in [3.8, 4) is 0 Å². The van der Waals surface area contributed by atoms with Gasteiger partial charge in [0.05, 0.1) is 12.0 Å². The molecule has 3 fully saturated rings. The lowest BCUT2D eigenvalue weighted by Crippen LogP contribution is -2.52. The van der Waals surface area contributed by atoms with Crippen molar-refractivity contribution in [3.05, 3.63) is 35.9 Å². The SMILES string of the molecule is COCCCN(CC1CCCN2CCCCC12)C(=O)C1CC(=O)N(C)C1c1ccccc1. The average Bonchev–Trinajstić information content (AvgIpc) is 3.13. The Hall–Kier alpha value is -1.92. The Bertz CT molecular complexity index is 769. The Kier molecular flexibility index (Phi) is 7.84. The number of methoxy groups -OCH3 is 1. The lowest BCUT2D eigenvalue weighted by Gasteiger charge is -2.46. The summed E-state index contributed by atoms with van der Waals surface area (Å²) in [6.07, 6.45) is 7.40. The number of carbonyl (C=O) groups excluding carboxylic acids is 2. The molecule has 0 N–H and O–H groups in total. The predicted molar refractivity (Wildman–Crippen MR) is 125 cm³/mol. The summed E-state index contributed by atoms with van der Waals surface area (Å²) in [4.78, 5) is 33.1. The molecule has 4 unspecified atom stereocenters. The van der Waals surface area contributed by atoms with E-state index in [9.17, 15) is 9.59 Å². The molecule has 3 saturated heterocycles. The first kappa shape index (κ1) is 23.2. The molecule has 3 aliphatic rings. The van der Waals surface area contributed by atoms with Gasteiger partial charge < -0.3 is 19.4 Å². The Balaban J connectivity index is 1.53. The molecule has 176 valence electrons. The van der Waals surface area contributed by atoms with Crippen LogP contribution in [-0.4, -0.2) is 79.5 Å². The summed E-state index contributed by atoms with van der Waals surface area (Å²) in [7, 11) is 3.55. The molecule has 0 aliphatic carbocycles. The van der Waals surface area contributed by atoms with E-state index in [0.29, 0.717) is 31.5 Å². The molecule has 1 aromatic rings. The van der Waals surface area contributed by atoms with Gasteiger partial charge in [-0.1, -0.05) is 36.8 Å². The summed E-state index contributed by atoms with van der Waals surface area (Å²) >= 11 is 0. The molecule has 0 radical (unpaired) electrons. The van der Waals surface area contributed by atoms with Gasteiger partial charge >= 0.3 is 0 Å². The lowest BCUT2D eigenvalue weighted by atomic mass is 9.83. The second-order valence-electron chi connectivity index (χ2n) is 9.80. The molecule has 6 heteroatoms. The second-order valence-corrected chi connectivity index (χ2v) is 9.80. The number of carbonyl (C=O) groups is 2. The van der Waals surface area contributed by atoms with Gasteiger partial charge in [0.2, 0.25) is 11.8 Å². The van der Waals surface area contributed by atoms with E-state index in [0.717, 1.165) is 18.5 Å². The van der Waals surface area contributed by atoms with Gasteiger partial charge in [0.1, 0.15) is 0 Å². The minimum absolute atomic E-state index is 0.0603. The monoisotopic (exact) mass is 441 g/mol. The number of ether oxygens (including phenoxy) is 1. The molecule has 1 aromatic carbocycles. The number of fused-ring (bicyclic) bond motifs is 1. The minimum atomic E-state index is -0.316. The highest BCUT2D eigenvalue weighted by Crippen LogP contribution is 2.39. The van der Waals surface area contributed by atoms with Crippen LogP contribution in [0.2, 0.25) is 0 Å². The van der Waals surface area contributed by atoms with Crippen LogP contribution in [0.1, 0.15) is 56.6 Å². The van der Waals surface area contributed by atoms with Gasteiger partial charge in [-0.3, -0.25) is 9.59 Å². The van der Waals surface area contributed by atoms with Crippen molar-refractivity contribution in [2.75, 3.05) is 46.9 Å². The van der Waals surface area contributed by atoms with Crippen molar-refractivity contribution < 1.29 is 14.3 Å². The first-order valence-electron chi connectivity index (χ1n) is 12.4. The van der Waals surface area contributed by atoms with Crippen molar-refractivity contribution >= 4 is 11.8 Å². The fourth-order valence-corrected chi connectivity index (χ4v) is 6.20. The quantitative estimate of drug-likeness (QED) is 0.581. The predicted octanol–water partition coefficient (Wildman–Crippen LogP) is 3.34. The maximum Gasteiger partial charge on any atom is 0.228 e. The fraction of sp³-hybridized carbons (Fsp3) is 0.692. The topological polar surface area (TPSA) is 53.1 Å². The maximum atomic E-state index is 13.9. The van der Waals surface area contributed by atoms with Gasteiger partial charge in [-0.05, 0) is 56.7 Å². The van der Waals surface area contributed by atoms with Crippen molar-refractivity contribution in [1.29, 1.82) is 0 Å². The first-order valence-corrected chi connectivity index (χ1v) is 12.4. The fourth-order valence-electron chi connectivity index (χ4n) is 6.20. The Morgan fingerprint density at radius 3 is 2.69 bits per heavy atom. The molecule has 0 aromatic heterocycles. The normalized spacial score (nSPS) is 28.6. The smallest absolute Gasteiger partial charge is 0.228 e. The summed E-state index contributed by atoms with van der Waals surface area (Å²) < 4.78 is 5.29. The highest BCUT2D eigenvalue weighted by atomic mass is 16.5. The second kappa shape index (κ2) is 10.8. The lowest BCUT2D eigenvalue weighted by molar-refractivity contribution is -0.138. The van der Waals surface area contributed by atoms with E-state index in [4.69, 9.17) is 4.74 Å². The molecule has 4 rings (SSSR count). The molecule has 32 heavy (non-hydrogen) atoms. The minimum Gasteiger partial charge on any atom is -0.385 e. The van der Waals surface area contributed by atoms with E-state index in [1.54, 1.807) is 12.0 Å². The van der Waals surface area contributed by atoms with Crippen LogP contribution in [0, 0.1) is 11.8 Å². The van der Waals surface area contributed by atoms with Gasteiger partial charge in [-0.15, -0.1) is 0 Å². The highest BCUT2D eigenvalue weighted by Gasteiger charge is 2.45. The summed E-state index contributed by atoms with van der Waals surface area (Å²) in [5, 5.41) is 0. The third kappa shape index (κ3) is 5.01. The number of nitrogens with zero attached hydrogens (tertiary/aromatic N) is 3. The number of rotatable bonds is 8. The number of hydrogen-bond acceptors (Lipinski definition) is 4. The van der Waals surface area contributed by atoms with Gasteiger partial charge in [0.25, 0.3) is 0 Å². The van der Waals surface area contributed by atoms with E-state index in [1.165, 1.54) is 45.2 Å². The van der Waals surface area contributed by atoms with Crippen LogP contribution in [0.3, 0.4) is 0 Å². The summed E-state index contributed by atoms with van der Waals surface area (Å²) in [5.41, 5.74) is 1.05. The van der Waals surface area contributed by atoms with Crippen LogP contribution in [0.25, 0.3) is 0 Å². The maximum absolute atomic E-state index is 13.9. The Labute approximate surface area is 192 Å². The molecule has 6 nitrogen and oxygen atoms in total. The number of benzene rings is 1. The van der Waals surface area contributed by atoms with Crippen LogP contribution in [-0.2, 0) is 14.3 Å². The zero-order valence-corrected chi connectivity index (χ0v) is 19.7. The number of piperidine rings is 2. The van der Waals surface area contributed by atoms with Crippen molar-refractivity contribution in [3.63, 3.8) is 0 Å². The first-order chi connectivity index (χ1) is 15.6. The average molecular weight is 442 g/mol. The number of hydrogen-bond donors (Lipinski definition) is 0. The van der Waals surface area contributed by atoms with Gasteiger partial charge in [0, 0.05) is 46.3 Å². The van der Waals surface area contributed by atoms with Crippen LogP contribution in [0.4, 0.5) is 0 Å². The zero-order chi connectivity index (χ0) is 22.5. The van der Waals surface area contributed by atoms with E-state index < -0.39 is 0 Å². The molecule has 0 saturated carbocycles. The van der Waals surface area contributed by atoms with E-state index in [1.807, 2.05) is 37.4 Å². The van der Waals surface area contributed by atoms with Crippen LogP contribution in [0.5, 0.6) is 0 Å².